The zero-order chi connectivity index (χ0) is 14.1. The van der Waals surface area contributed by atoms with Crippen molar-refractivity contribution in [3.05, 3.63) is 45.1 Å². The summed E-state index contributed by atoms with van der Waals surface area (Å²) in [7, 11) is 1.60. The molecule has 0 spiro atoms. The van der Waals surface area contributed by atoms with Crippen molar-refractivity contribution in [1.29, 1.82) is 5.26 Å². The van der Waals surface area contributed by atoms with Gasteiger partial charge in [0.1, 0.15) is 11.6 Å². The third-order valence-corrected chi connectivity index (χ3v) is 4.07. The molecule has 0 saturated heterocycles. The van der Waals surface area contributed by atoms with E-state index < -0.39 is 0 Å². The van der Waals surface area contributed by atoms with Crippen molar-refractivity contribution >= 4 is 11.3 Å². The number of allylic oxidation sites excluding steroid dienone is 1. The van der Waals surface area contributed by atoms with Gasteiger partial charge in [0.25, 0.3) is 0 Å². The first-order valence-electron chi connectivity index (χ1n) is 5.93. The highest BCUT2D eigenvalue weighted by Gasteiger charge is 2.35. The molecule has 0 bridgehead atoms. The van der Waals surface area contributed by atoms with Gasteiger partial charge in [0.05, 0.1) is 23.8 Å². The van der Waals surface area contributed by atoms with Gasteiger partial charge in [0.15, 0.2) is 0 Å². The fourth-order valence-electron chi connectivity index (χ4n) is 2.30. The maximum Gasteiger partial charge on any atom is 0.244 e. The van der Waals surface area contributed by atoms with Gasteiger partial charge in [-0.05, 0) is 11.4 Å². The van der Waals surface area contributed by atoms with E-state index in [9.17, 15) is 5.26 Å². The Balaban J connectivity index is 2.19. The lowest BCUT2D eigenvalue weighted by Gasteiger charge is -2.22. The second-order valence-electron chi connectivity index (χ2n) is 4.29. The minimum atomic E-state index is -0.257. The molecule has 1 aliphatic heterocycles. The zero-order valence-electron chi connectivity index (χ0n) is 10.7. The molecule has 3 rings (SSSR count). The molecule has 3 N–H and O–H groups in total. The highest BCUT2D eigenvalue weighted by Crippen LogP contribution is 2.44. The van der Waals surface area contributed by atoms with Crippen LogP contribution in [0.5, 0.6) is 5.88 Å². The normalized spacial score (nSPS) is 17.5. The fourth-order valence-corrected chi connectivity index (χ4v) is 3.15. The van der Waals surface area contributed by atoms with E-state index in [2.05, 4.69) is 16.3 Å². The van der Waals surface area contributed by atoms with Crippen molar-refractivity contribution < 1.29 is 9.47 Å². The van der Waals surface area contributed by atoms with Crippen LogP contribution in [-0.4, -0.2) is 17.3 Å². The van der Waals surface area contributed by atoms with E-state index in [4.69, 9.17) is 15.2 Å². The van der Waals surface area contributed by atoms with Gasteiger partial charge >= 0.3 is 0 Å². The van der Waals surface area contributed by atoms with Crippen molar-refractivity contribution in [3.63, 3.8) is 0 Å². The Morgan fingerprint density at radius 2 is 2.50 bits per heavy atom. The molecule has 0 aliphatic carbocycles. The average molecular weight is 288 g/mol. The van der Waals surface area contributed by atoms with Gasteiger partial charge in [0, 0.05) is 12.0 Å². The molecule has 1 atom stereocenters. The molecule has 20 heavy (non-hydrogen) atoms. The van der Waals surface area contributed by atoms with Crippen molar-refractivity contribution in [2.45, 2.75) is 12.5 Å². The molecule has 102 valence electrons. The van der Waals surface area contributed by atoms with Crippen LogP contribution in [0.1, 0.15) is 22.1 Å². The van der Waals surface area contributed by atoms with Crippen LogP contribution in [-0.2, 0) is 11.3 Å². The van der Waals surface area contributed by atoms with Crippen molar-refractivity contribution in [2.24, 2.45) is 5.73 Å². The van der Waals surface area contributed by atoms with Crippen LogP contribution in [0.15, 0.2) is 29.0 Å². The van der Waals surface area contributed by atoms with Crippen LogP contribution < -0.4 is 10.5 Å². The van der Waals surface area contributed by atoms with Gasteiger partial charge in [-0.25, -0.2) is 0 Å². The number of aromatic nitrogens is 2. The van der Waals surface area contributed by atoms with Gasteiger partial charge < -0.3 is 15.2 Å². The minimum absolute atomic E-state index is 0.105. The Hall–Kier alpha value is -2.30. The number of rotatable bonds is 3. The zero-order valence-corrected chi connectivity index (χ0v) is 11.5. The number of nitriles is 1. The summed E-state index contributed by atoms with van der Waals surface area (Å²) in [5.41, 5.74) is 7.85. The third kappa shape index (κ3) is 1.86. The summed E-state index contributed by atoms with van der Waals surface area (Å²) in [6.45, 7) is 0.367. The number of fused-ring (bicyclic) bond motifs is 1. The smallest absolute Gasteiger partial charge is 0.244 e. The third-order valence-electron chi connectivity index (χ3n) is 3.13. The lowest BCUT2D eigenvalue weighted by atomic mass is 9.89. The number of H-pyrrole nitrogens is 1. The molecule has 0 saturated carbocycles. The number of hydrogen-bond donors (Lipinski definition) is 2. The van der Waals surface area contributed by atoms with E-state index in [1.807, 2.05) is 17.5 Å². The quantitative estimate of drug-likeness (QED) is 0.898. The second-order valence-corrected chi connectivity index (χ2v) is 5.27. The first kappa shape index (κ1) is 12.7. The van der Waals surface area contributed by atoms with Gasteiger partial charge in [-0.2, -0.15) is 5.26 Å². The average Bonchev–Trinajstić information content (AvgIpc) is 3.08. The number of ether oxygens (including phenoxy) is 2. The first-order chi connectivity index (χ1) is 9.76. The highest BCUT2D eigenvalue weighted by atomic mass is 32.1. The molecule has 7 heteroatoms. The number of nitrogens with two attached hydrogens (primary N) is 1. The summed E-state index contributed by atoms with van der Waals surface area (Å²) in [6.07, 6.45) is 0. The molecule has 1 aliphatic rings. The predicted molar refractivity (Wildman–Crippen MR) is 72.9 cm³/mol. The summed E-state index contributed by atoms with van der Waals surface area (Å²) in [5, 5.41) is 18.3. The fraction of sp³-hybridized carbons (Fsp3) is 0.231. The number of nitrogens with zero attached hydrogens (tertiary/aromatic N) is 2. The number of methoxy groups -OCH3 is 1. The lowest BCUT2D eigenvalue weighted by Crippen LogP contribution is -2.20. The van der Waals surface area contributed by atoms with Crippen molar-refractivity contribution in [1.82, 2.24) is 10.2 Å². The number of nitrogens with one attached hydrogen (secondary N) is 1. The van der Waals surface area contributed by atoms with Gasteiger partial charge in [-0.3, -0.25) is 5.10 Å². The standard InChI is InChI=1S/C13H12N4O2S/c1-18-6-8-11-10(9-3-2-4-20-9)7(5-14)12(15)19-13(11)17-16-8/h2-4,10H,6,15H2,1H3,(H,16,17). The molecule has 1 unspecified atom stereocenters. The van der Waals surface area contributed by atoms with E-state index >= 15 is 0 Å². The molecule has 0 fully saturated rings. The minimum Gasteiger partial charge on any atom is -0.420 e. The Morgan fingerprint density at radius 1 is 1.65 bits per heavy atom. The van der Waals surface area contributed by atoms with E-state index in [0.717, 1.165) is 16.1 Å². The Kier molecular flexibility index (Phi) is 3.18. The molecular formula is C13H12N4O2S. The van der Waals surface area contributed by atoms with Crippen LogP contribution in [0.4, 0.5) is 0 Å². The Labute approximate surface area is 119 Å². The van der Waals surface area contributed by atoms with E-state index in [1.54, 1.807) is 18.4 Å². The van der Waals surface area contributed by atoms with E-state index in [0.29, 0.717) is 18.1 Å². The highest BCUT2D eigenvalue weighted by molar-refractivity contribution is 7.10. The summed E-state index contributed by atoms with van der Waals surface area (Å²) in [4.78, 5) is 1.02. The monoisotopic (exact) mass is 288 g/mol. The molecule has 0 radical (unpaired) electrons. The summed E-state index contributed by atoms with van der Waals surface area (Å²) in [6, 6.07) is 6.06. The maximum absolute atomic E-state index is 9.39. The first-order valence-corrected chi connectivity index (χ1v) is 6.81. The largest absolute Gasteiger partial charge is 0.420 e. The molecule has 0 amide bonds. The molecule has 2 aromatic rings. The Bertz CT molecular complexity index is 697. The van der Waals surface area contributed by atoms with Crippen LogP contribution in [0.3, 0.4) is 0 Å². The maximum atomic E-state index is 9.39. The van der Waals surface area contributed by atoms with Crippen LogP contribution in [0, 0.1) is 11.3 Å². The Morgan fingerprint density at radius 3 is 3.15 bits per heavy atom. The molecule has 2 aromatic heterocycles. The van der Waals surface area contributed by atoms with E-state index in [-0.39, 0.29) is 11.8 Å². The molecule has 6 nitrogen and oxygen atoms in total. The summed E-state index contributed by atoms with van der Waals surface area (Å²) < 4.78 is 10.6. The number of thiophene rings is 1. The summed E-state index contributed by atoms with van der Waals surface area (Å²) >= 11 is 1.57. The van der Waals surface area contributed by atoms with Gasteiger partial charge in [0.2, 0.25) is 11.8 Å². The number of hydrogen-bond acceptors (Lipinski definition) is 6. The second kappa shape index (κ2) is 5.00. The van der Waals surface area contributed by atoms with Crippen LogP contribution >= 0.6 is 11.3 Å². The topological polar surface area (TPSA) is 97.0 Å². The molecule has 0 aromatic carbocycles. The summed E-state index contributed by atoms with van der Waals surface area (Å²) in [5.74, 6) is 0.258. The van der Waals surface area contributed by atoms with Crippen molar-refractivity contribution in [2.75, 3.05) is 7.11 Å². The molecule has 3 heterocycles. The van der Waals surface area contributed by atoms with Crippen molar-refractivity contribution in [3.8, 4) is 11.9 Å². The van der Waals surface area contributed by atoms with Crippen LogP contribution in [0.2, 0.25) is 0 Å². The van der Waals surface area contributed by atoms with E-state index in [1.165, 1.54) is 0 Å². The lowest BCUT2D eigenvalue weighted by molar-refractivity contribution is 0.180. The van der Waals surface area contributed by atoms with Gasteiger partial charge in [-0.15, -0.1) is 16.4 Å². The van der Waals surface area contributed by atoms with Gasteiger partial charge in [-0.1, -0.05) is 6.07 Å². The molecular weight excluding hydrogens is 276 g/mol. The predicted octanol–water partition coefficient (Wildman–Crippen LogP) is 1.84. The van der Waals surface area contributed by atoms with Crippen LogP contribution in [0.25, 0.3) is 0 Å². The SMILES string of the molecule is COCc1[nH]nc2c1C(c1cccs1)C(C#N)=C(N)O2. The number of aromatic amines is 1.